The third-order valence-corrected chi connectivity index (χ3v) is 4.04. The zero-order valence-corrected chi connectivity index (χ0v) is 12.0. The Labute approximate surface area is 111 Å². The predicted octanol–water partition coefficient (Wildman–Crippen LogP) is 5.44. The van der Waals surface area contributed by atoms with Crippen molar-refractivity contribution in [3.8, 4) is 0 Å². The molecule has 0 bridgehead atoms. The molecule has 0 amide bonds. The van der Waals surface area contributed by atoms with Crippen molar-refractivity contribution in [1.29, 1.82) is 0 Å². The molecule has 0 aliphatic carbocycles. The number of benzene rings is 1. The van der Waals surface area contributed by atoms with Crippen LogP contribution < -0.4 is 0 Å². The lowest BCUT2D eigenvalue weighted by atomic mass is 9.76. The van der Waals surface area contributed by atoms with E-state index in [-0.39, 0.29) is 0 Å². The largest absolute Gasteiger partial charge is 0.203 e. The molecule has 0 unspecified atom stereocenters. The Morgan fingerprint density at radius 2 is 1.21 bits per heavy atom. The quantitative estimate of drug-likeness (QED) is 0.507. The van der Waals surface area contributed by atoms with Gasteiger partial charge in [-0.05, 0) is 24.2 Å². The van der Waals surface area contributed by atoms with Crippen LogP contribution in [0.2, 0.25) is 0 Å². The Morgan fingerprint density at radius 3 is 1.47 bits per heavy atom. The van der Waals surface area contributed by atoms with Crippen LogP contribution in [-0.2, 0) is 5.41 Å². The molecule has 0 atom stereocenters. The van der Waals surface area contributed by atoms with Crippen LogP contribution in [0.1, 0.15) is 64.5 Å². The molecule has 0 fully saturated rings. The van der Waals surface area contributed by atoms with Crippen LogP contribution in [0, 0.1) is 23.3 Å². The number of halogens is 4. The summed E-state index contributed by atoms with van der Waals surface area (Å²) in [6.07, 6.45) is 0.800. The second-order valence-electron chi connectivity index (χ2n) is 5.47. The molecule has 0 saturated heterocycles. The second kappa shape index (κ2) is 5.51. The summed E-state index contributed by atoms with van der Waals surface area (Å²) in [5.74, 6) is -5.66. The lowest BCUT2D eigenvalue weighted by Crippen LogP contribution is -2.26. The Hall–Kier alpha value is -1.06. The number of hydrogen-bond acceptors (Lipinski definition) is 0. The van der Waals surface area contributed by atoms with Crippen LogP contribution in [-0.4, -0.2) is 0 Å². The van der Waals surface area contributed by atoms with Gasteiger partial charge in [0.15, 0.2) is 23.3 Å². The van der Waals surface area contributed by atoms with Crippen molar-refractivity contribution in [1.82, 2.24) is 0 Å². The van der Waals surface area contributed by atoms with Gasteiger partial charge in [0.25, 0.3) is 0 Å². The minimum Gasteiger partial charge on any atom is -0.203 e. The molecule has 0 nitrogen and oxygen atoms in total. The molecular weight excluding hydrogens is 256 g/mol. The van der Waals surface area contributed by atoms with Crippen LogP contribution in [0.25, 0.3) is 0 Å². The van der Waals surface area contributed by atoms with Crippen LogP contribution in [0.5, 0.6) is 0 Å². The minimum absolute atomic E-state index is 0.400. The fourth-order valence-electron chi connectivity index (χ4n) is 2.29. The highest BCUT2D eigenvalue weighted by Crippen LogP contribution is 2.39. The fourth-order valence-corrected chi connectivity index (χ4v) is 2.29. The lowest BCUT2D eigenvalue weighted by molar-refractivity contribution is 0.352. The van der Waals surface area contributed by atoms with Crippen molar-refractivity contribution >= 4 is 0 Å². The van der Waals surface area contributed by atoms with Gasteiger partial charge in [-0.1, -0.05) is 34.6 Å². The van der Waals surface area contributed by atoms with E-state index in [0.29, 0.717) is 12.8 Å². The van der Waals surface area contributed by atoms with Gasteiger partial charge in [0.2, 0.25) is 0 Å². The van der Waals surface area contributed by atoms with Crippen molar-refractivity contribution in [2.24, 2.45) is 0 Å². The highest BCUT2D eigenvalue weighted by Gasteiger charge is 2.35. The highest BCUT2D eigenvalue weighted by molar-refractivity contribution is 5.36. The first-order valence-electron chi connectivity index (χ1n) is 6.57. The van der Waals surface area contributed by atoms with E-state index in [4.69, 9.17) is 0 Å². The molecule has 0 aliphatic heterocycles. The summed E-state index contributed by atoms with van der Waals surface area (Å²) in [6, 6.07) is 0. The van der Waals surface area contributed by atoms with Crippen LogP contribution in [0.15, 0.2) is 0 Å². The molecule has 0 aliphatic rings. The van der Waals surface area contributed by atoms with E-state index in [2.05, 4.69) is 0 Å². The summed E-state index contributed by atoms with van der Waals surface area (Å²) in [4.78, 5) is 0. The highest BCUT2D eigenvalue weighted by atomic mass is 19.2. The first-order chi connectivity index (χ1) is 8.71. The van der Waals surface area contributed by atoms with Crippen LogP contribution >= 0.6 is 0 Å². The Morgan fingerprint density at radius 1 is 0.842 bits per heavy atom. The zero-order chi connectivity index (χ0) is 15.0. The van der Waals surface area contributed by atoms with Gasteiger partial charge >= 0.3 is 0 Å². The molecule has 0 saturated carbocycles. The maximum absolute atomic E-state index is 14.2. The maximum atomic E-state index is 14.2. The van der Waals surface area contributed by atoms with Gasteiger partial charge in [0, 0.05) is 11.1 Å². The smallest absolute Gasteiger partial charge is 0.166 e. The maximum Gasteiger partial charge on any atom is 0.166 e. The van der Waals surface area contributed by atoms with Crippen LogP contribution in [0.3, 0.4) is 0 Å². The third kappa shape index (κ3) is 2.49. The molecule has 1 aromatic carbocycles. The van der Waals surface area contributed by atoms with E-state index in [1.165, 1.54) is 13.8 Å². The van der Waals surface area contributed by atoms with E-state index in [9.17, 15) is 17.6 Å². The monoisotopic (exact) mass is 276 g/mol. The van der Waals surface area contributed by atoms with Gasteiger partial charge in [-0.3, -0.25) is 0 Å². The van der Waals surface area contributed by atoms with Gasteiger partial charge < -0.3 is 0 Å². The lowest BCUT2D eigenvalue weighted by Gasteiger charge is -2.29. The molecule has 0 aromatic heterocycles. The first kappa shape index (κ1) is 16.0. The predicted molar refractivity (Wildman–Crippen MR) is 68.3 cm³/mol. The van der Waals surface area contributed by atoms with Crippen molar-refractivity contribution in [3.63, 3.8) is 0 Å². The molecule has 19 heavy (non-hydrogen) atoms. The molecule has 4 heteroatoms. The Bertz CT molecular complexity index is 445. The molecule has 1 rings (SSSR count). The standard InChI is InChI=1S/C15H20F4/c1-6-15(5,7-2)10-13(18)11(16)9(8(3)4)12(17)14(10)19/h8H,6-7H2,1-5H3. The van der Waals surface area contributed by atoms with E-state index >= 15 is 0 Å². The summed E-state index contributed by atoms with van der Waals surface area (Å²) in [5, 5.41) is 0. The van der Waals surface area contributed by atoms with Gasteiger partial charge in [0.1, 0.15) is 0 Å². The summed E-state index contributed by atoms with van der Waals surface area (Å²) >= 11 is 0. The summed E-state index contributed by atoms with van der Waals surface area (Å²) < 4.78 is 56.3. The van der Waals surface area contributed by atoms with Gasteiger partial charge in [-0.15, -0.1) is 0 Å². The van der Waals surface area contributed by atoms with Gasteiger partial charge in [0.05, 0.1) is 0 Å². The van der Waals surface area contributed by atoms with Crippen molar-refractivity contribution < 1.29 is 17.6 Å². The summed E-state index contributed by atoms with van der Waals surface area (Å²) in [6.45, 7) is 8.10. The molecule has 0 N–H and O–H groups in total. The second-order valence-corrected chi connectivity index (χ2v) is 5.47. The third-order valence-electron chi connectivity index (χ3n) is 4.04. The minimum atomic E-state index is -1.27. The SMILES string of the molecule is CCC(C)(CC)c1c(F)c(F)c(C(C)C)c(F)c1F. The van der Waals surface area contributed by atoms with Crippen molar-refractivity contribution in [3.05, 3.63) is 34.4 Å². The summed E-state index contributed by atoms with van der Waals surface area (Å²) in [7, 11) is 0. The van der Waals surface area contributed by atoms with E-state index in [1.54, 1.807) is 20.8 Å². The number of rotatable bonds is 4. The summed E-state index contributed by atoms with van der Waals surface area (Å²) in [5.41, 5.74) is -1.91. The van der Waals surface area contributed by atoms with E-state index in [1.807, 2.05) is 0 Å². The topological polar surface area (TPSA) is 0 Å². The van der Waals surface area contributed by atoms with Crippen molar-refractivity contribution in [2.45, 2.75) is 58.8 Å². The molecule has 0 radical (unpaired) electrons. The zero-order valence-electron chi connectivity index (χ0n) is 12.0. The average molecular weight is 276 g/mol. The number of hydrogen-bond donors (Lipinski definition) is 0. The van der Waals surface area contributed by atoms with E-state index < -0.39 is 45.7 Å². The fraction of sp³-hybridized carbons (Fsp3) is 0.600. The van der Waals surface area contributed by atoms with Gasteiger partial charge in [-0.25, -0.2) is 17.6 Å². The Kier molecular flexibility index (Phi) is 4.64. The van der Waals surface area contributed by atoms with Gasteiger partial charge in [-0.2, -0.15) is 0 Å². The Balaban J connectivity index is 3.71. The van der Waals surface area contributed by atoms with E-state index in [0.717, 1.165) is 0 Å². The molecule has 0 heterocycles. The molecule has 108 valence electrons. The van der Waals surface area contributed by atoms with Crippen molar-refractivity contribution in [2.75, 3.05) is 0 Å². The molecular formula is C15H20F4. The molecule has 1 aromatic rings. The van der Waals surface area contributed by atoms with Crippen LogP contribution in [0.4, 0.5) is 17.6 Å². The average Bonchev–Trinajstić information content (AvgIpc) is 2.36. The molecule has 0 spiro atoms. The normalized spacial score (nSPS) is 12.3. The first-order valence-corrected chi connectivity index (χ1v) is 6.57.